The van der Waals surface area contributed by atoms with E-state index in [4.69, 9.17) is 23.2 Å². The molecule has 0 spiro atoms. The van der Waals surface area contributed by atoms with Crippen LogP contribution < -0.4 is 5.32 Å². The first-order valence-electron chi connectivity index (χ1n) is 3.80. The molecule has 0 saturated heterocycles. The van der Waals surface area contributed by atoms with Crippen LogP contribution in [0.4, 0.5) is 5.69 Å². The minimum absolute atomic E-state index is 0.162. The molecular weight excluding hydrogens is 291 g/mol. The number of halogens is 3. The maximum Gasteiger partial charge on any atom is 0.225 e. The first-order valence-corrected chi connectivity index (χ1v) is 5.51. The van der Waals surface area contributed by atoms with E-state index in [2.05, 4.69) is 26.2 Å². The average molecular weight is 298 g/mol. The summed E-state index contributed by atoms with van der Waals surface area (Å²) in [5, 5.41) is 3.10. The molecule has 1 aromatic rings. The van der Waals surface area contributed by atoms with E-state index >= 15 is 0 Å². The van der Waals surface area contributed by atoms with E-state index in [9.17, 15) is 4.79 Å². The lowest BCUT2D eigenvalue weighted by molar-refractivity contribution is -0.115. The van der Waals surface area contributed by atoms with Gasteiger partial charge in [0.2, 0.25) is 5.91 Å². The summed E-state index contributed by atoms with van der Waals surface area (Å²) in [6.07, 6.45) is 1.75. The number of pyridine rings is 1. The van der Waals surface area contributed by atoms with Crippen LogP contribution in [0.1, 0.15) is 6.42 Å². The standard InChI is InChI=1S/C8H7BrCl2N2O/c9-8-6(3-5(11)4-12-8)13-7(14)1-2-10/h3-4H,1-2H2,(H,13,14). The first kappa shape index (κ1) is 11.8. The fraction of sp³-hybridized carbons (Fsp3) is 0.250. The Hall–Kier alpha value is -0.320. The summed E-state index contributed by atoms with van der Waals surface area (Å²) in [6, 6.07) is 1.62. The minimum Gasteiger partial charge on any atom is -0.324 e. The number of nitrogens with one attached hydrogen (secondary N) is 1. The van der Waals surface area contributed by atoms with Gasteiger partial charge in [0.15, 0.2) is 0 Å². The number of hydrogen-bond donors (Lipinski definition) is 1. The summed E-state index contributed by atoms with van der Waals surface area (Å²) in [6.45, 7) is 0. The Balaban J connectivity index is 2.75. The predicted octanol–water partition coefficient (Wildman–Crippen LogP) is 3.06. The van der Waals surface area contributed by atoms with Crippen molar-refractivity contribution in [2.24, 2.45) is 0 Å². The van der Waals surface area contributed by atoms with E-state index in [-0.39, 0.29) is 18.2 Å². The molecule has 76 valence electrons. The van der Waals surface area contributed by atoms with Crippen molar-refractivity contribution in [1.29, 1.82) is 0 Å². The number of nitrogens with zero attached hydrogens (tertiary/aromatic N) is 1. The monoisotopic (exact) mass is 296 g/mol. The second kappa shape index (κ2) is 5.53. The van der Waals surface area contributed by atoms with E-state index in [1.807, 2.05) is 0 Å². The highest BCUT2D eigenvalue weighted by Gasteiger charge is 2.06. The number of aromatic nitrogens is 1. The average Bonchev–Trinajstić information content (AvgIpc) is 2.12. The van der Waals surface area contributed by atoms with E-state index in [1.165, 1.54) is 6.20 Å². The van der Waals surface area contributed by atoms with Crippen molar-refractivity contribution in [2.75, 3.05) is 11.2 Å². The normalized spacial score (nSPS) is 9.93. The highest BCUT2D eigenvalue weighted by Crippen LogP contribution is 2.23. The third kappa shape index (κ3) is 3.44. The van der Waals surface area contributed by atoms with Gasteiger partial charge in [0.05, 0.1) is 10.7 Å². The Kier molecular flexibility index (Phi) is 4.65. The summed E-state index contributed by atoms with van der Waals surface area (Å²) >= 11 is 14.3. The summed E-state index contributed by atoms with van der Waals surface area (Å²) in [5.74, 6) is 0.127. The number of anilines is 1. The van der Waals surface area contributed by atoms with Crippen molar-refractivity contribution in [2.45, 2.75) is 6.42 Å². The Morgan fingerprint density at radius 2 is 2.36 bits per heavy atom. The van der Waals surface area contributed by atoms with Gasteiger partial charge in [-0.1, -0.05) is 11.6 Å². The maximum atomic E-state index is 11.2. The Labute approximate surface area is 99.9 Å². The van der Waals surface area contributed by atoms with Crippen molar-refractivity contribution in [3.8, 4) is 0 Å². The van der Waals surface area contributed by atoms with Crippen LogP contribution in [0.25, 0.3) is 0 Å². The second-order valence-corrected chi connectivity index (χ2v) is 4.04. The number of hydrogen-bond acceptors (Lipinski definition) is 2. The second-order valence-electron chi connectivity index (χ2n) is 2.48. The predicted molar refractivity (Wildman–Crippen MR) is 60.9 cm³/mol. The van der Waals surface area contributed by atoms with Gasteiger partial charge >= 0.3 is 0 Å². The fourth-order valence-corrected chi connectivity index (χ4v) is 1.45. The lowest BCUT2D eigenvalue weighted by atomic mass is 10.4. The summed E-state index contributed by atoms with van der Waals surface area (Å²) in [5.41, 5.74) is 0.549. The zero-order valence-corrected chi connectivity index (χ0v) is 10.2. The molecule has 0 unspecified atom stereocenters. The maximum absolute atomic E-state index is 11.2. The van der Waals surface area contributed by atoms with Crippen LogP contribution in [0, 0.1) is 0 Å². The Bertz CT molecular complexity index is 346. The topological polar surface area (TPSA) is 42.0 Å². The summed E-state index contributed by atoms with van der Waals surface area (Å²) in [7, 11) is 0. The summed E-state index contributed by atoms with van der Waals surface area (Å²) < 4.78 is 0.546. The molecule has 0 radical (unpaired) electrons. The molecule has 0 saturated carbocycles. The van der Waals surface area contributed by atoms with Crippen LogP contribution in [0.5, 0.6) is 0 Å². The lowest BCUT2D eigenvalue weighted by Gasteiger charge is -2.05. The van der Waals surface area contributed by atoms with Crippen LogP contribution in [-0.4, -0.2) is 16.8 Å². The molecule has 1 heterocycles. The van der Waals surface area contributed by atoms with Gasteiger partial charge in [-0.3, -0.25) is 4.79 Å². The fourth-order valence-electron chi connectivity index (χ4n) is 0.809. The number of alkyl halides is 1. The van der Waals surface area contributed by atoms with Crippen LogP contribution in [-0.2, 0) is 4.79 Å². The SMILES string of the molecule is O=C(CCCl)Nc1cc(Cl)cnc1Br. The van der Waals surface area contributed by atoms with Gasteiger partial charge in [-0.2, -0.15) is 0 Å². The molecule has 3 nitrogen and oxygen atoms in total. The molecule has 0 aliphatic heterocycles. The number of carbonyl (C=O) groups excluding carboxylic acids is 1. The van der Waals surface area contributed by atoms with Crippen molar-refractivity contribution >= 4 is 50.7 Å². The van der Waals surface area contributed by atoms with Gasteiger partial charge < -0.3 is 5.32 Å². The molecule has 1 rings (SSSR count). The Morgan fingerprint density at radius 1 is 1.64 bits per heavy atom. The van der Waals surface area contributed by atoms with Gasteiger partial charge in [0.1, 0.15) is 4.60 Å². The largest absolute Gasteiger partial charge is 0.324 e. The quantitative estimate of drug-likeness (QED) is 0.688. The molecular formula is C8H7BrCl2N2O. The molecule has 1 N–H and O–H groups in total. The molecule has 0 bridgehead atoms. The number of amides is 1. The lowest BCUT2D eigenvalue weighted by Crippen LogP contribution is -2.12. The molecule has 1 aromatic heterocycles. The molecule has 0 fully saturated rings. The zero-order valence-electron chi connectivity index (χ0n) is 7.06. The minimum atomic E-state index is -0.162. The molecule has 0 aliphatic rings. The third-order valence-electron chi connectivity index (χ3n) is 1.40. The van der Waals surface area contributed by atoms with Crippen LogP contribution >= 0.6 is 39.1 Å². The number of rotatable bonds is 3. The first-order chi connectivity index (χ1) is 6.63. The van der Waals surface area contributed by atoms with Gasteiger partial charge in [-0.25, -0.2) is 4.98 Å². The van der Waals surface area contributed by atoms with E-state index < -0.39 is 0 Å². The molecule has 1 amide bonds. The van der Waals surface area contributed by atoms with Crippen molar-refractivity contribution in [3.05, 3.63) is 21.9 Å². The van der Waals surface area contributed by atoms with E-state index in [1.54, 1.807) is 6.07 Å². The van der Waals surface area contributed by atoms with E-state index in [0.29, 0.717) is 15.3 Å². The van der Waals surface area contributed by atoms with E-state index in [0.717, 1.165) is 0 Å². The molecule has 0 atom stereocenters. The van der Waals surface area contributed by atoms with Crippen LogP contribution in [0.2, 0.25) is 5.02 Å². The number of carbonyl (C=O) groups is 1. The molecule has 14 heavy (non-hydrogen) atoms. The molecule has 6 heteroatoms. The zero-order chi connectivity index (χ0) is 10.6. The van der Waals surface area contributed by atoms with Crippen molar-refractivity contribution < 1.29 is 4.79 Å². The van der Waals surface area contributed by atoms with Crippen LogP contribution in [0.15, 0.2) is 16.9 Å². The Morgan fingerprint density at radius 3 is 3.00 bits per heavy atom. The highest BCUT2D eigenvalue weighted by atomic mass is 79.9. The highest BCUT2D eigenvalue weighted by molar-refractivity contribution is 9.10. The van der Waals surface area contributed by atoms with Crippen LogP contribution in [0.3, 0.4) is 0 Å². The van der Waals surface area contributed by atoms with Gasteiger partial charge in [-0.15, -0.1) is 11.6 Å². The summed E-state index contributed by atoms with van der Waals surface area (Å²) in [4.78, 5) is 15.1. The molecule has 0 aliphatic carbocycles. The van der Waals surface area contributed by atoms with Gasteiger partial charge in [-0.05, 0) is 22.0 Å². The van der Waals surface area contributed by atoms with Crippen molar-refractivity contribution in [3.63, 3.8) is 0 Å². The molecule has 0 aromatic carbocycles. The van der Waals surface area contributed by atoms with Gasteiger partial charge in [0.25, 0.3) is 0 Å². The van der Waals surface area contributed by atoms with Crippen molar-refractivity contribution in [1.82, 2.24) is 4.98 Å². The third-order valence-corrected chi connectivity index (χ3v) is 2.43. The van der Waals surface area contributed by atoms with Gasteiger partial charge in [0, 0.05) is 18.5 Å². The smallest absolute Gasteiger partial charge is 0.225 e.